The molecule has 1 aliphatic heterocycles. The van der Waals surface area contributed by atoms with Gasteiger partial charge in [0.2, 0.25) is 0 Å². The Morgan fingerprint density at radius 3 is 2.52 bits per heavy atom. The van der Waals surface area contributed by atoms with Gasteiger partial charge in [0.1, 0.15) is 6.10 Å². The summed E-state index contributed by atoms with van der Waals surface area (Å²) in [5.74, 6) is -0.328. The lowest BCUT2D eigenvalue weighted by atomic mass is 10.1. The summed E-state index contributed by atoms with van der Waals surface area (Å²) in [5, 5.41) is 0. The van der Waals surface area contributed by atoms with Crippen molar-refractivity contribution < 1.29 is 9.53 Å². The third-order valence-electron chi connectivity index (χ3n) is 4.17. The van der Waals surface area contributed by atoms with Crippen LogP contribution in [0.3, 0.4) is 0 Å². The predicted molar refractivity (Wildman–Crippen MR) is 91.1 cm³/mol. The van der Waals surface area contributed by atoms with Gasteiger partial charge in [-0.1, -0.05) is 36.4 Å². The van der Waals surface area contributed by atoms with Crippen LogP contribution in [0.25, 0.3) is 0 Å². The molecule has 0 aromatic heterocycles. The molecule has 2 aromatic carbocycles. The molecule has 3 rings (SSSR count). The van der Waals surface area contributed by atoms with Crippen LogP contribution >= 0.6 is 0 Å². The average Bonchev–Trinajstić information content (AvgIpc) is 3.08. The number of likely N-dealkylation sites (tertiary alicyclic amines) is 1. The van der Waals surface area contributed by atoms with Gasteiger partial charge in [-0.05, 0) is 49.7 Å². The Hall–Kier alpha value is -2.33. The van der Waals surface area contributed by atoms with Gasteiger partial charge in [-0.25, -0.2) is 4.79 Å². The van der Waals surface area contributed by atoms with Crippen LogP contribution in [0.5, 0.6) is 0 Å². The lowest BCUT2D eigenvalue weighted by Gasteiger charge is -2.24. The average molecular weight is 310 g/mol. The topological polar surface area (TPSA) is 55.6 Å². The Bertz CT molecular complexity index is 651. The number of anilines is 1. The Balaban J connectivity index is 1.76. The zero-order chi connectivity index (χ0) is 16.1. The van der Waals surface area contributed by atoms with E-state index in [1.165, 1.54) is 12.8 Å². The summed E-state index contributed by atoms with van der Waals surface area (Å²) in [4.78, 5) is 14.8. The standard InChI is InChI=1S/C19H22N2O2/c20-17-10-6-9-16(13-17)19(22)23-18(14-21-11-4-5-12-21)15-7-2-1-3-8-15/h1-3,6-10,13,18H,4-5,11-12,14,20H2. The monoisotopic (exact) mass is 310 g/mol. The highest BCUT2D eigenvalue weighted by Gasteiger charge is 2.23. The summed E-state index contributed by atoms with van der Waals surface area (Å²) >= 11 is 0. The van der Waals surface area contributed by atoms with Crippen LogP contribution in [0.4, 0.5) is 5.69 Å². The van der Waals surface area contributed by atoms with E-state index < -0.39 is 0 Å². The molecule has 0 spiro atoms. The lowest BCUT2D eigenvalue weighted by Crippen LogP contribution is -2.28. The minimum absolute atomic E-state index is 0.261. The van der Waals surface area contributed by atoms with E-state index in [0.717, 1.165) is 25.2 Å². The smallest absolute Gasteiger partial charge is 0.338 e. The molecule has 1 atom stereocenters. The van der Waals surface area contributed by atoms with Crippen LogP contribution < -0.4 is 5.73 Å². The van der Waals surface area contributed by atoms with E-state index in [1.807, 2.05) is 30.3 Å². The second-order valence-electron chi connectivity index (χ2n) is 5.94. The molecule has 0 aliphatic carbocycles. The number of carbonyl (C=O) groups excluding carboxylic acids is 1. The van der Waals surface area contributed by atoms with E-state index >= 15 is 0 Å². The molecular formula is C19H22N2O2. The van der Waals surface area contributed by atoms with E-state index in [1.54, 1.807) is 24.3 Å². The van der Waals surface area contributed by atoms with Gasteiger partial charge in [0.25, 0.3) is 0 Å². The Morgan fingerprint density at radius 1 is 1.09 bits per heavy atom. The number of hydrogen-bond donors (Lipinski definition) is 1. The summed E-state index contributed by atoms with van der Waals surface area (Å²) in [7, 11) is 0. The summed E-state index contributed by atoms with van der Waals surface area (Å²) in [5.41, 5.74) is 7.84. The quantitative estimate of drug-likeness (QED) is 0.680. The van der Waals surface area contributed by atoms with Crippen molar-refractivity contribution in [2.24, 2.45) is 0 Å². The molecule has 4 heteroatoms. The molecule has 1 fully saturated rings. The summed E-state index contributed by atoms with van der Waals surface area (Å²) < 4.78 is 5.80. The highest BCUT2D eigenvalue weighted by Crippen LogP contribution is 2.23. The van der Waals surface area contributed by atoms with Crippen molar-refractivity contribution in [3.05, 3.63) is 65.7 Å². The molecule has 2 N–H and O–H groups in total. The fourth-order valence-electron chi connectivity index (χ4n) is 2.94. The SMILES string of the molecule is Nc1cccc(C(=O)OC(CN2CCCC2)c2ccccc2)c1. The lowest BCUT2D eigenvalue weighted by molar-refractivity contribution is 0.0216. The van der Waals surface area contributed by atoms with Crippen molar-refractivity contribution in [3.8, 4) is 0 Å². The first-order valence-electron chi connectivity index (χ1n) is 8.06. The zero-order valence-electron chi connectivity index (χ0n) is 13.2. The van der Waals surface area contributed by atoms with Gasteiger partial charge in [0.05, 0.1) is 5.56 Å². The molecule has 1 heterocycles. The Kier molecular flexibility index (Phi) is 4.93. The van der Waals surface area contributed by atoms with Crippen LogP contribution in [-0.2, 0) is 4.74 Å². The van der Waals surface area contributed by atoms with E-state index in [2.05, 4.69) is 4.90 Å². The van der Waals surface area contributed by atoms with Gasteiger partial charge in [-0.3, -0.25) is 4.90 Å². The highest BCUT2D eigenvalue weighted by atomic mass is 16.5. The molecule has 1 saturated heterocycles. The van der Waals surface area contributed by atoms with Crippen molar-refractivity contribution in [1.82, 2.24) is 4.90 Å². The number of hydrogen-bond acceptors (Lipinski definition) is 4. The number of esters is 1. The fourth-order valence-corrected chi connectivity index (χ4v) is 2.94. The third-order valence-corrected chi connectivity index (χ3v) is 4.17. The van der Waals surface area contributed by atoms with Gasteiger partial charge in [0.15, 0.2) is 0 Å². The molecule has 23 heavy (non-hydrogen) atoms. The summed E-state index contributed by atoms with van der Waals surface area (Å²) in [6, 6.07) is 16.8. The molecule has 0 saturated carbocycles. The van der Waals surface area contributed by atoms with E-state index in [4.69, 9.17) is 10.5 Å². The maximum atomic E-state index is 12.5. The number of benzene rings is 2. The first-order chi connectivity index (χ1) is 11.2. The number of nitrogens with two attached hydrogens (primary N) is 1. The molecule has 2 aromatic rings. The fraction of sp³-hybridized carbons (Fsp3) is 0.316. The zero-order valence-corrected chi connectivity index (χ0v) is 13.2. The first-order valence-corrected chi connectivity index (χ1v) is 8.06. The minimum Gasteiger partial charge on any atom is -0.453 e. The largest absolute Gasteiger partial charge is 0.453 e. The van der Waals surface area contributed by atoms with Gasteiger partial charge in [0, 0.05) is 12.2 Å². The van der Waals surface area contributed by atoms with Gasteiger partial charge >= 0.3 is 5.97 Å². The molecule has 1 unspecified atom stereocenters. The highest BCUT2D eigenvalue weighted by molar-refractivity contribution is 5.90. The molecule has 120 valence electrons. The molecule has 1 aliphatic rings. The van der Waals surface area contributed by atoms with E-state index in [-0.39, 0.29) is 12.1 Å². The number of nitrogen functional groups attached to an aromatic ring is 1. The van der Waals surface area contributed by atoms with Gasteiger partial charge in [-0.2, -0.15) is 0 Å². The van der Waals surface area contributed by atoms with Crippen LogP contribution in [0.15, 0.2) is 54.6 Å². The molecular weight excluding hydrogens is 288 g/mol. The van der Waals surface area contributed by atoms with Crippen LogP contribution in [0.1, 0.15) is 34.9 Å². The molecule has 0 radical (unpaired) electrons. The number of ether oxygens (including phenoxy) is 1. The maximum absolute atomic E-state index is 12.5. The third kappa shape index (κ3) is 4.11. The van der Waals surface area contributed by atoms with E-state index in [0.29, 0.717) is 11.3 Å². The summed E-state index contributed by atoms with van der Waals surface area (Å²) in [6.45, 7) is 2.87. The maximum Gasteiger partial charge on any atom is 0.338 e. The minimum atomic E-state index is -0.328. The van der Waals surface area contributed by atoms with Crippen molar-refractivity contribution in [2.75, 3.05) is 25.4 Å². The van der Waals surface area contributed by atoms with Gasteiger partial charge < -0.3 is 10.5 Å². The molecule has 0 bridgehead atoms. The second-order valence-corrected chi connectivity index (χ2v) is 5.94. The van der Waals surface area contributed by atoms with Crippen LogP contribution in [0, 0.1) is 0 Å². The second kappa shape index (κ2) is 7.29. The number of rotatable bonds is 5. The number of carbonyl (C=O) groups is 1. The first kappa shape index (κ1) is 15.6. The molecule has 0 amide bonds. The van der Waals surface area contributed by atoms with E-state index in [9.17, 15) is 4.79 Å². The Morgan fingerprint density at radius 2 is 1.83 bits per heavy atom. The van der Waals surface area contributed by atoms with Crippen molar-refractivity contribution in [2.45, 2.75) is 18.9 Å². The summed E-state index contributed by atoms with van der Waals surface area (Å²) in [6.07, 6.45) is 2.17. The number of nitrogens with zero attached hydrogens (tertiary/aromatic N) is 1. The molecule has 4 nitrogen and oxygen atoms in total. The van der Waals surface area contributed by atoms with Crippen molar-refractivity contribution >= 4 is 11.7 Å². The van der Waals surface area contributed by atoms with Crippen LogP contribution in [-0.4, -0.2) is 30.5 Å². The van der Waals surface area contributed by atoms with Gasteiger partial charge in [-0.15, -0.1) is 0 Å². The normalized spacial score (nSPS) is 16.2. The Labute approximate surface area is 136 Å². The van der Waals surface area contributed by atoms with Crippen LogP contribution in [0.2, 0.25) is 0 Å². The predicted octanol–water partition coefficient (Wildman–Crippen LogP) is 3.26. The van der Waals surface area contributed by atoms with Crippen molar-refractivity contribution in [1.29, 1.82) is 0 Å². The van der Waals surface area contributed by atoms with Crippen molar-refractivity contribution in [3.63, 3.8) is 0 Å².